The Labute approximate surface area is 109 Å². The maximum atomic E-state index is 11.7. The largest absolute Gasteiger partial charge is 0.481 e. The third-order valence-electron chi connectivity index (χ3n) is 2.89. The third kappa shape index (κ3) is 8.98. The van der Waals surface area contributed by atoms with Crippen molar-refractivity contribution in [1.29, 1.82) is 0 Å². The molecule has 106 valence electrons. The summed E-state index contributed by atoms with van der Waals surface area (Å²) in [5.41, 5.74) is 5.64. The number of carboxylic acid groups (broad SMARTS) is 1. The van der Waals surface area contributed by atoms with Crippen LogP contribution < -0.4 is 11.1 Å². The van der Waals surface area contributed by atoms with E-state index in [1.807, 2.05) is 20.8 Å². The second kappa shape index (κ2) is 8.91. The number of nitrogens with one attached hydrogen (secondary N) is 1. The van der Waals surface area contributed by atoms with Gasteiger partial charge in [-0.1, -0.05) is 20.3 Å². The lowest BCUT2D eigenvalue weighted by Crippen LogP contribution is -2.33. The summed E-state index contributed by atoms with van der Waals surface area (Å²) >= 11 is 0. The normalized spacial score (nSPS) is 15.8. The van der Waals surface area contributed by atoms with Crippen molar-refractivity contribution in [2.45, 2.75) is 52.5 Å². The van der Waals surface area contributed by atoms with Crippen molar-refractivity contribution < 1.29 is 14.7 Å². The first-order valence-corrected chi connectivity index (χ1v) is 6.58. The van der Waals surface area contributed by atoms with Crippen molar-refractivity contribution in [3.8, 4) is 0 Å². The molecule has 0 aromatic rings. The fraction of sp³-hybridized carbons (Fsp3) is 0.846. The molecule has 1 amide bonds. The molecule has 0 radical (unpaired) electrons. The van der Waals surface area contributed by atoms with E-state index in [1.54, 1.807) is 0 Å². The minimum absolute atomic E-state index is 0.00286. The van der Waals surface area contributed by atoms with Crippen molar-refractivity contribution in [3.63, 3.8) is 0 Å². The molecule has 0 spiro atoms. The molecular weight excluding hydrogens is 232 g/mol. The summed E-state index contributed by atoms with van der Waals surface area (Å²) in [4.78, 5) is 22.2. The van der Waals surface area contributed by atoms with E-state index in [0.717, 1.165) is 19.3 Å². The number of aliphatic carboxylic acids is 1. The first kappa shape index (κ1) is 16.9. The average molecular weight is 258 g/mol. The SMILES string of the molecule is CC(N)CCCC(C)C(=O)NCC(C)CC(=O)O. The zero-order chi connectivity index (χ0) is 14.1. The van der Waals surface area contributed by atoms with Crippen LogP contribution in [0.5, 0.6) is 0 Å². The van der Waals surface area contributed by atoms with E-state index in [2.05, 4.69) is 5.32 Å². The number of hydrogen-bond donors (Lipinski definition) is 3. The van der Waals surface area contributed by atoms with Gasteiger partial charge in [0.15, 0.2) is 0 Å². The molecule has 3 atom stereocenters. The van der Waals surface area contributed by atoms with Crippen LogP contribution in [-0.2, 0) is 9.59 Å². The first-order chi connectivity index (χ1) is 8.32. The highest BCUT2D eigenvalue weighted by molar-refractivity contribution is 5.78. The number of amides is 1. The Kier molecular flexibility index (Phi) is 8.37. The average Bonchev–Trinajstić information content (AvgIpc) is 2.24. The van der Waals surface area contributed by atoms with Crippen LogP contribution in [0.3, 0.4) is 0 Å². The van der Waals surface area contributed by atoms with E-state index in [1.165, 1.54) is 0 Å². The quantitative estimate of drug-likeness (QED) is 0.582. The molecule has 0 aliphatic heterocycles. The predicted octanol–water partition coefficient (Wildman–Crippen LogP) is 1.37. The number of nitrogens with two attached hydrogens (primary N) is 1. The van der Waals surface area contributed by atoms with Gasteiger partial charge in [0.1, 0.15) is 0 Å². The second-order valence-electron chi connectivity index (χ2n) is 5.26. The molecule has 0 saturated carbocycles. The van der Waals surface area contributed by atoms with Crippen molar-refractivity contribution >= 4 is 11.9 Å². The Balaban J connectivity index is 3.77. The summed E-state index contributed by atoms with van der Waals surface area (Å²) in [6.07, 6.45) is 2.77. The fourth-order valence-electron chi connectivity index (χ4n) is 1.70. The number of carbonyl (C=O) groups excluding carboxylic acids is 1. The first-order valence-electron chi connectivity index (χ1n) is 6.58. The zero-order valence-corrected chi connectivity index (χ0v) is 11.6. The molecule has 5 nitrogen and oxygen atoms in total. The van der Waals surface area contributed by atoms with Gasteiger partial charge in [-0.25, -0.2) is 0 Å². The van der Waals surface area contributed by atoms with Gasteiger partial charge in [0.2, 0.25) is 5.91 Å². The maximum Gasteiger partial charge on any atom is 0.303 e. The Bertz CT molecular complexity index is 267. The second-order valence-corrected chi connectivity index (χ2v) is 5.26. The van der Waals surface area contributed by atoms with E-state index < -0.39 is 5.97 Å². The monoisotopic (exact) mass is 258 g/mol. The van der Waals surface area contributed by atoms with Gasteiger partial charge >= 0.3 is 5.97 Å². The Hall–Kier alpha value is -1.10. The molecule has 5 heteroatoms. The highest BCUT2D eigenvalue weighted by Crippen LogP contribution is 2.09. The molecule has 3 unspecified atom stereocenters. The predicted molar refractivity (Wildman–Crippen MR) is 71.1 cm³/mol. The van der Waals surface area contributed by atoms with Crippen LogP contribution in [0.15, 0.2) is 0 Å². The smallest absolute Gasteiger partial charge is 0.303 e. The lowest BCUT2D eigenvalue weighted by molar-refractivity contribution is -0.138. The van der Waals surface area contributed by atoms with Crippen molar-refractivity contribution in [1.82, 2.24) is 5.32 Å². The maximum absolute atomic E-state index is 11.7. The van der Waals surface area contributed by atoms with Crippen LogP contribution in [0.1, 0.15) is 46.5 Å². The van der Waals surface area contributed by atoms with Gasteiger partial charge < -0.3 is 16.2 Å². The van der Waals surface area contributed by atoms with Crippen LogP contribution >= 0.6 is 0 Å². The third-order valence-corrected chi connectivity index (χ3v) is 2.89. The van der Waals surface area contributed by atoms with E-state index in [9.17, 15) is 9.59 Å². The highest BCUT2D eigenvalue weighted by Gasteiger charge is 2.14. The van der Waals surface area contributed by atoms with Gasteiger partial charge in [-0.2, -0.15) is 0 Å². The van der Waals surface area contributed by atoms with E-state index in [-0.39, 0.29) is 30.2 Å². The van der Waals surface area contributed by atoms with Gasteiger partial charge in [0.05, 0.1) is 0 Å². The van der Waals surface area contributed by atoms with Crippen molar-refractivity contribution in [2.24, 2.45) is 17.6 Å². The van der Waals surface area contributed by atoms with Gasteiger partial charge in [-0.3, -0.25) is 9.59 Å². The minimum atomic E-state index is -0.832. The topological polar surface area (TPSA) is 92.4 Å². The highest BCUT2D eigenvalue weighted by atomic mass is 16.4. The van der Waals surface area contributed by atoms with Crippen molar-refractivity contribution in [2.75, 3.05) is 6.54 Å². The molecule has 0 saturated heterocycles. The molecule has 18 heavy (non-hydrogen) atoms. The van der Waals surface area contributed by atoms with Gasteiger partial charge in [0, 0.05) is 24.9 Å². The van der Waals surface area contributed by atoms with Crippen LogP contribution in [0.4, 0.5) is 0 Å². The van der Waals surface area contributed by atoms with Crippen LogP contribution in [0, 0.1) is 11.8 Å². The molecule has 0 rings (SSSR count). The number of carboxylic acids is 1. The number of carbonyl (C=O) groups is 2. The van der Waals surface area contributed by atoms with E-state index in [0.29, 0.717) is 6.54 Å². The molecule has 0 bridgehead atoms. The summed E-state index contributed by atoms with van der Waals surface area (Å²) < 4.78 is 0. The molecule has 0 heterocycles. The van der Waals surface area contributed by atoms with Gasteiger partial charge in [-0.05, 0) is 25.7 Å². The Morgan fingerprint density at radius 1 is 1.22 bits per heavy atom. The Morgan fingerprint density at radius 3 is 2.33 bits per heavy atom. The minimum Gasteiger partial charge on any atom is -0.481 e. The summed E-state index contributed by atoms with van der Waals surface area (Å²) in [5, 5.41) is 11.4. The van der Waals surface area contributed by atoms with Gasteiger partial charge in [-0.15, -0.1) is 0 Å². The van der Waals surface area contributed by atoms with Crippen LogP contribution in [0.25, 0.3) is 0 Å². The summed E-state index contributed by atoms with van der Waals surface area (Å²) in [6.45, 7) is 6.08. The summed E-state index contributed by atoms with van der Waals surface area (Å²) in [6, 6.07) is 0.177. The van der Waals surface area contributed by atoms with E-state index in [4.69, 9.17) is 10.8 Å². The lowest BCUT2D eigenvalue weighted by atomic mass is 10.0. The molecular formula is C13H26N2O3. The number of rotatable bonds is 9. The van der Waals surface area contributed by atoms with Crippen LogP contribution in [-0.4, -0.2) is 29.6 Å². The lowest BCUT2D eigenvalue weighted by Gasteiger charge is -2.15. The standard InChI is InChI=1S/C13H26N2O3/c1-9(7-12(16)17)8-15-13(18)10(2)5-4-6-11(3)14/h9-11H,4-8,14H2,1-3H3,(H,15,18)(H,16,17). The van der Waals surface area contributed by atoms with Crippen molar-refractivity contribution in [3.05, 3.63) is 0 Å². The molecule has 0 aromatic carbocycles. The fourth-order valence-corrected chi connectivity index (χ4v) is 1.70. The molecule has 0 aliphatic rings. The van der Waals surface area contributed by atoms with Gasteiger partial charge in [0.25, 0.3) is 0 Å². The Morgan fingerprint density at radius 2 is 1.83 bits per heavy atom. The summed E-state index contributed by atoms with van der Waals surface area (Å²) in [7, 11) is 0. The zero-order valence-electron chi connectivity index (χ0n) is 11.6. The summed E-state index contributed by atoms with van der Waals surface area (Å²) in [5.74, 6) is -0.915. The molecule has 0 aliphatic carbocycles. The number of hydrogen-bond acceptors (Lipinski definition) is 3. The van der Waals surface area contributed by atoms with Crippen LogP contribution in [0.2, 0.25) is 0 Å². The molecule has 4 N–H and O–H groups in total. The molecule has 0 fully saturated rings. The van der Waals surface area contributed by atoms with E-state index >= 15 is 0 Å². The molecule has 0 aromatic heterocycles.